The molecule has 0 radical (unpaired) electrons. The van der Waals surface area contributed by atoms with Crippen LogP contribution in [0.4, 0.5) is 8.78 Å². The minimum Gasteiger partial charge on any atom is -0.435 e. The maximum Gasteiger partial charge on any atom is 0.387 e. The van der Waals surface area contributed by atoms with E-state index in [0.717, 1.165) is 32.6 Å². The normalized spacial score (nSPS) is 22.0. The van der Waals surface area contributed by atoms with Gasteiger partial charge in [-0.1, -0.05) is 18.6 Å². The number of piperidine rings is 1. The summed E-state index contributed by atoms with van der Waals surface area (Å²) in [6.07, 6.45) is 3.87. The van der Waals surface area contributed by atoms with Crippen LogP contribution in [0.25, 0.3) is 0 Å². The third-order valence-corrected chi connectivity index (χ3v) is 4.67. The van der Waals surface area contributed by atoms with Gasteiger partial charge in [0.25, 0.3) is 0 Å². The minimum atomic E-state index is -2.85. The van der Waals surface area contributed by atoms with E-state index in [9.17, 15) is 13.6 Å². The van der Waals surface area contributed by atoms with Crippen molar-refractivity contribution in [3.05, 3.63) is 29.8 Å². The van der Waals surface area contributed by atoms with E-state index in [1.165, 1.54) is 25.0 Å². The van der Waals surface area contributed by atoms with Gasteiger partial charge in [0.2, 0.25) is 5.91 Å². The molecule has 0 spiro atoms. The molecule has 2 heterocycles. The van der Waals surface area contributed by atoms with Gasteiger partial charge in [-0.15, -0.1) is 0 Å². The molecule has 1 aromatic rings. The first-order chi connectivity index (χ1) is 11.1. The molecule has 0 aromatic heterocycles. The van der Waals surface area contributed by atoms with Gasteiger partial charge in [0.05, 0.1) is 6.42 Å². The number of carbonyl (C=O) groups is 1. The number of benzene rings is 1. The maximum absolute atomic E-state index is 12.5. The molecule has 0 saturated carbocycles. The number of halogens is 2. The number of hydrogen-bond acceptors (Lipinski definition) is 3. The summed E-state index contributed by atoms with van der Waals surface area (Å²) in [5.41, 5.74) is 0.708. The predicted octanol–water partition coefficient (Wildman–Crippen LogP) is 2.53. The number of fused-ring (bicyclic) bond motifs is 1. The lowest BCUT2D eigenvalue weighted by Crippen LogP contribution is -2.56. The fourth-order valence-corrected chi connectivity index (χ4v) is 3.50. The zero-order chi connectivity index (χ0) is 16.2. The number of piperazine rings is 1. The second kappa shape index (κ2) is 7.25. The SMILES string of the molecule is O=C(Cc1cccc(OC(F)F)c1)N1CCN2CCCCC2C1. The highest BCUT2D eigenvalue weighted by Crippen LogP contribution is 2.22. The fraction of sp³-hybridized carbons (Fsp3) is 0.588. The van der Waals surface area contributed by atoms with Gasteiger partial charge in [-0.05, 0) is 37.1 Å². The summed E-state index contributed by atoms with van der Waals surface area (Å²) in [5, 5.41) is 0. The first-order valence-corrected chi connectivity index (χ1v) is 8.17. The van der Waals surface area contributed by atoms with Gasteiger partial charge in [-0.2, -0.15) is 8.78 Å². The molecule has 0 aliphatic carbocycles. The van der Waals surface area contributed by atoms with Gasteiger partial charge in [-0.25, -0.2) is 0 Å². The highest BCUT2D eigenvalue weighted by Gasteiger charge is 2.30. The van der Waals surface area contributed by atoms with E-state index in [2.05, 4.69) is 9.64 Å². The Morgan fingerprint density at radius 2 is 2.13 bits per heavy atom. The Kier molecular flexibility index (Phi) is 5.10. The Hall–Kier alpha value is -1.69. The molecular weight excluding hydrogens is 302 g/mol. The third-order valence-electron chi connectivity index (χ3n) is 4.67. The Labute approximate surface area is 135 Å². The highest BCUT2D eigenvalue weighted by atomic mass is 19.3. The number of alkyl halides is 2. The molecule has 0 N–H and O–H groups in total. The largest absolute Gasteiger partial charge is 0.435 e. The summed E-state index contributed by atoms with van der Waals surface area (Å²) in [7, 11) is 0. The number of hydrogen-bond donors (Lipinski definition) is 0. The maximum atomic E-state index is 12.5. The fourth-order valence-electron chi connectivity index (χ4n) is 3.50. The zero-order valence-corrected chi connectivity index (χ0v) is 13.1. The van der Waals surface area contributed by atoms with Crippen LogP contribution in [0.1, 0.15) is 24.8 Å². The molecule has 2 fully saturated rings. The molecule has 3 rings (SSSR count). The van der Waals surface area contributed by atoms with Crippen LogP contribution in [0.15, 0.2) is 24.3 Å². The molecule has 4 nitrogen and oxygen atoms in total. The van der Waals surface area contributed by atoms with Gasteiger partial charge in [0, 0.05) is 25.7 Å². The monoisotopic (exact) mass is 324 g/mol. The third kappa shape index (κ3) is 4.19. The topological polar surface area (TPSA) is 32.8 Å². The molecule has 23 heavy (non-hydrogen) atoms. The van der Waals surface area contributed by atoms with Crippen molar-refractivity contribution in [3.8, 4) is 5.75 Å². The molecule has 1 unspecified atom stereocenters. The van der Waals surface area contributed by atoms with Crippen LogP contribution >= 0.6 is 0 Å². The molecule has 2 aliphatic rings. The average molecular weight is 324 g/mol. The van der Waals surface area contributed by atoms with Gasteiger partial charge in [-0.3, -0.25) is 9.69 Å². The van der Waals surface area contributed by atoms with Crippen LogP contribution in [0.5, 0.6) is 5.75 Å². The van der Waals surface area contributed by atoms with Crippen molar-refractivity contribution < 1.29 is 18.3 Å². The van der Waals surface area contributed by atoms with Crippen LogP contribution in [-0.2, 0) is 11.2 Å². The van der Waals surface area contributed by atoms with Crippen molar-refractivity contribution in [1.82, 2.24) is 9.80 Å². The van der Waals surface area contributed by atoms with Gasteiger partial charge in [0.15, 0.2) is 0 Å². The Bertz CT molecular complexity index is 553. The number of ether oxygens (including phenoxy) is 1. The van der Waals surface area contributed by atoms with Crippen molar-refractivity contribution in [3.63, 3.8) is 0 Å². The van der Waals surface area contributed by atoms with Gasteiger partial charge < -0.3 is 9.64 Å². The quantitative estimate of drug-likeness (QED) is 0.853. The second-order valence-electron chi connectivity index (χ2n) is 6.23. The van der Waals surface area contributed by atoms with E-state index in [1.54, 1.807) is 12.1 Å². The Morgan fingerprint density at radius 3 is 2.96 bits per heavy atom. The van der Waals surface area contributed by atoms with Crippen molar-refractivity contribution in [2.75, 3.05) is 26.2 Å². The second-order valence-corrected chi connectivity index (χ2v) is 6.23. The molecule has 1 atom stereocenters. The molecule has 2 aliphatic heterocycles. The molecular formula is C17H22F2N2O2. The van der Waals surface area contributed by atoms with Crippen LogP contribution in [-0.4, -0.2) is 54.5 Å². The number of rotatable bonds is 4. The Morgan fingerprint density at radius 1 is 1.26 bits per heavy atom. The number of carbonyl (C=O) groups excluding carboxylic acids is 1. The first kappa shape index (κ1) is 16.2. The molecule has 126 valence electrons. The molecule has 0 bridgehead atoms. The van der Waals surface area contributed by atoms with Crippen molar-refractivity contribution in [2.45, 2.75) is 38.3 Å². The lowest BCUT2D eigenvalue weighted by Gasteiger charge is -2.44. The summed E-state index contributed by atoms with van der Waals surface area (Å²) < 4.78 is 28.9. The Balaban J connectivity index is 1.58. The van der Waals surface area contributed by atoms with Crippen LogP contribution < -0.4 is 4.74 Å². The van der Waals surface area contributed by atoms with Crippen molar-refractivity contribution in [1.29, 1.82) is 0 Å². The summed E-state index contributed by atoms with van der Waals surface area (Å²) in [6.45, 7) is 0.763. The first-order valence-electron chi connectivity index (χ1n) is 8.17. The minimum absolute atomic E-state index is 0.0596. The number of nitrogens with zero attached hydrogens (tertiary/aromatic N) is 2. The number of amides is 1. The van der Waals surface area contributed by atoms with Crippen LogP contribution in [0.2, 0.25) is 0 Å². The van der Waals surface area contributed by atoms with Crippen molar-refractivity contribution >= 4 is 5.91 Å². The molecule has 6 heteroatoms. The molecule has 1 amide bonds. The smallest absolute Gasteiger partial charge is 0.387 e. The standard InChI is InChI=1S/C17H22F2N2O2/c18-17(19)23-15-6-3-4-13(10-15)11-16(22)21-9-8-20-7-2-1-5-14(20)12-21/h3-4,6,10,14,17H,1-2,5,7-9,11-12H2. The van der Waals surface area contributed by atoms with E-state index in [0.29, 0.717) is 11.6 Å². The predicted molar refractivity (Wildman–Crippen MR) is 82.6 cm³/mol. The van der Waals surface area contributed by atoms with E-state index in [-0.39, 0.29) is 18.1 Å². The lowest BCUT2D eigenvalue weighted by molar-refractivity contribution is -0.134. The lowest BCUT2D eigenvalue weighted by atomic mass is 9.99. The summed E-state index contributed by atoms with van der Waals surface area (Å²) in [5.74, 6) is 0.159. The molecule has 1 aromatic carbocycles. The summed E-state index contributed by atoms with van der Waals surface area (Å²) in [4.78, 5) is 16.9. The highest BCUT2D eigenvalue weighted by molar-refractivity contribution is 5.79. The van der Waals surface area contributed by atoms with Crippen LogP contribution in [0.3, 0.4) is 0 Å². The van der Waals surface area contributed by atoms with E-state index in [4.69, 9.17) is 0 Å². The average Bonchev–Trinajstić information content (AvgIpc) is 2.54. The van der Waals surface area contributed by atoms with Gasteiger partial charge >= 0.3 is 6.61 Å². The van der Waals surface area contributed by atoms with E-state index < -0.39 is 6.61 Å². The van der Waals surface area contributed by atoms with E-state index in [1.807, 2.05) is 4.90 Å². The van der Waals surface area contributed by atoms with Crippen molar-refractivity contribution in [2.24, 2.45) is 0 Å². The zero-order valence-electron chi connectivity index (χ0n) is 13.1. The molecule has 2 saturated heterocycles. The van der Waals surface area contributed by atoms with Crippen LogP contribution in [0, 0.1) is 0 Å². The summed E-state index contributed by atoms with van der Waals surface area (Å²) in [6, 6.07) is 6.88. The summed E-state index contributed by atoms with van der Waals surface area (Å²) >= 11 is 0. The van der Waals surface area contributed by atoms with E-state index >= 15 is 0 Å². The van der Waals surface area contributed by atoms with Gasteiger partial charge in [0.1, 0.15) is 5.75 Å².